The normalized spacial score (nSPS) is 24.7. The first-order valence-corrected chi connectivity index (χ1v) is 12.5. The van der Waals surface area contributed by atoms with Crippen molar-refractivity contribution in [3.8, 4) is 0 Å². The number of halogens is 1. The van der Waals surface area contributed by atoms with Crippen molar-refractivity contribution < 1.29 is 18.4 Å². The van der Waals surface area contributed by atoms with Crippen LogP contribution < -0.4 is 16.4 Å². The van der Waals surface area contributed by atoms with Gasteiger partial charge in [0.15, 0.2) is 5.58 Å². The molecule has 2 fully saturated rings. The number of carbonyl (C=O) groups excluding carboxylic acids is 2. The van der Waals surface area contributed by atoms with E-state index in [1.807, 2.05) is 13.8 Å². The predicted octanol–water partition coefficient (Wildman–Crippen LogP) is 3.96. The zero-order chi connectivity index (χ0) is 25.4. The van der Waals surface area contributed by atoms with Gasteiger partial charge >= 0.3 is 5.76 Å². The van der Waals surface area contributed by atoms with Gasteiger partial charge in [0.2, 0.25) is 11.8 Å². The molecule has 2 aliphatic rings. The minimum absolute atomic E-state index is 0.0279. The van der Waals surface area contributed by atoms with Gasteiger partial charge in [-0.05, 0) is 62.9 Å². The van der Waals surface area contributed by atoms with Crippen molar-refractivity contribution in [3.05, 3.63) is 64.4 Å². The molecule has 2 aromatic carbocycles. The van der Waals surface area contributed by atoms with E-state index in [1.165, 1.54) is 16.7 Å². The first-order valence-electron chi connectivity index (χ1n) is 12.5. The Labute approximate surface area is 208 Å². The number of nitrogens with zero attached hydrogens (tertiary/aromatic N) is 2. The molecule has 0 saturated carbocycles. The summed E-state index contributed by atoms with van der Waals surface area (Å²) in [5.74, 6) is -0.928. The number of fused-ring (bicyclic) bond motifs is 2. The van der Waals surface area contributed by atoms with E-state index in [0.717, 1.165) is 24.8 Å². The number of benzene rings is 2. The SMILES string of the molecule is CCn1c(=O)oc2cc(NC(=O)CN3[C@H]4CCCCC(=O)N[C@@]4(C)C[C@H]3c3ccc(F)cc3)ccc21. The Morgan fingerprint density at radius 3 is 2.72 bits per heavy atom. The van der Waals surface area contributed by atoms with Crippen LogP contribution in [0.25, 0.3) is 11.1 Å². The number of oxazole rings is 1. The third kappa shape index (κ3) is 4.55. The van der Waals surface area contributed by atoms with Gasteiger partial charge in [-0.25, -0.2) is 9.18 Å². The molecule has 8 nitrogen and oxygen atoms in total. The van der Waals surface area contributed by atoms with Gasteiger partial charge in [0.05, 0.1) is 17.6 Å². The Hall–Kier alpha value is -3.46. The number of likely N-dealkylation sites (tertiary alicyclic amines) is 1. The van der Waals surface area contributed by atoms with E-state index < -0.39 is 11.3 Å². The van der Waals surface area contributed by atoms with E-state index in [1.54, 1.807) is 30.3 Å². The van der Waals surface area contributed by atoms with Crippen LogP contribution in [0.1, 0.15) is 57.6 Å². The average Bonchev–Trinajstić information content (AvgIpc) is 3.27. The molecule has 2 saturated heterocycles. The number of anilines is 1. The summed E-state index contributed by atoms with van der Waals surface area (Å²) in [6.45, 7) is 4.51. The van der Waals surface area contributed by atoms with Crippen LogP contribution >= 0.6 is 0 Å². The molecule has 0 spiro atoms. The lowest BCUT2D eigenvalue weighted by Crippen LogP contribution is -2.56. The van der Waals surface area contributed by atoms with Crippen molar-refractivity contribution in [3.63, 3.8) is 0 Å². The van der Waals surface area contributed by atoms with Gasteiger partial charge in [-0.15, -0.1) is 0 Å². The highest BCUT2D eigenvalue weighted by atomic mass is 19.1. The molecule has 2 amide bonds. The van der Waals surface area contributed by atoms with Crippen LogP contribution in [-0.2, 0) is 16.1 Å². The molecule has 3 heterocycles. The number of nitrogens with one attached hydrogen (secondary N) is 2. The van der Waals surface area contributed by atoms with Crippen molar-refractivity contribution in [1.82, 2.24) is 14.8 Å². The summed E-state index contributed by atoms with van der Waals surface area (Å²) >= 11 is 0. The highest BCUT2D eigenvalue weighted by Gasteiger charge is 2.50. The van der Waals surface area contributed by atoms with Crippen molar-refractivity contribution in [2.24, 2.45) is 0 Å². The van der Waals surface area contributed by atoms with Crippen LogP contribution in [0.5, 0.6) is 0 Å². The standard InChI is InChI=1S/C27H31FN4O4/c1-3-31-20-13-12-19(14-22(20)36-26(31)35)29-25(34)16-32-21(17-8-10-18(28)11-9-17)15-27(2)23(32)6-4-5-7-24(33)30-27/h8-14,21,23H,3-7,15-16H2,1-2H3,(H,29,34)(H,30,33)/t21-,23-,27-/m0/s1. The topological polar surface area (TPSA) is 96.6 Å². The molecule has 5 rings (SSSR count). The van der Waals surface area contributed by atoms with Gasteiger partial charge < -0.3 is 15.1 Å². The molecule has 0 radical (unpaired) electrons. The number of aryl methyl sites for hydroxylation is 1. The van der Waals surface area contributed by atoms with Gasteiger partial charge in [0.1, 0.15) is 5.82 Å². The third-order valence-corrected chi connectivity index (χ3v) is 7.56. The molecule has 0 bridgehead atoms. The number of hydrogen-bond acceptors (Lipinski definition) is 5. The van der Waals surface area contributed by atoms with Crippen molar-refractivity contribution >= 4 is 28.6 Å². The number of aromatic nitrogens is 1. The lowest BCUT2D eigenvalue weighted by atomic mass is 9.85. The van der Waals surface area contributed by atoms with Gasteiger partial charge in [-0.1, -0.05) is 18.6 Å². The molecule has 3 atom stereocenters. The van der Waals surface area contributed by atoms with Crippen LogP contribution in [0.2, 0.25) is 0 Å². The maximum absolute atomic E-state index is 13.6. The second-order valence-corrected chi connectivity index (χ2v) is 10.0. The highest BCUT2D eigenvalue weighted by molar-refractivity contribution is 5.94. The summed E-state index contributed by atoms with van der Waals surface area (Å²) in [6.07, 6.45) is 3.68. The molecule has 9 heteroatoms. The van der Waals surface area contributed by atoms with Crippen LogP contribution in [-0.4, -0.2) is 39.4 Å². The fourth-order valence-corrected chi connectivity index (χ4v) is 5.89. The lowest BCUT2D eigenvalue weighted by Gasteiger charge is -2.38. The second-order valence-electron chi connectivity index (χ2n) is 10.0. The summed E-state index contributed by atoms with van der Waals surface area (Å²) in [7, 11) is 0. The van der Waals surface area contributed by atoms with E-state index >= 15 is 0 Å². The zero-order valence-corrected chi connectivity index (χ0v) is 20.6. The fraction of sp³-hybridized carbons (Fsp3) is 0.444. The average molecular weight is 495 g/mol. The monoisotopic (exact) mass is 494 g/mol. The lowest BCUT2D eigenvalue weighted by molar-refractivity contribution is -0.123. The molecule has 2 aliphatic heterocycles. The maximum Gasteiger partial charge on any atom is 0.419 e. The minimum atomic E-state index is -0.498. The third-order valence-electron chi connectivity index (χ3n) is 7.56. The molecule has 36 heavy (non-hydrogen) atoms. The van der Waals surface area contributed by atoms with E-state index in [9.17, 15) is 18.8 Å². The smallest absolute Gasteiger partial charge is 0.408 e. The van der Waals surface area contributed by atoms with Gasteiger partial charge in [0.25, 0.3) is 0 Å². The Balaban J connectivity index is 1.41. The second kappa shape index (κ2) is 9.54. The van der Waals surface area contributed by atoms with Crippen molar-refractivity contribution in [1.29, 1.82) is 0 Å². The minimum Gasteiger partial charge on any atom is -0.408 e. The summed E-state index contributed by atoms with van der Waals surface area (Å²) < 4.78 is 20.5. The quantitative estimate of drug-likeness (QED) is 0.560. The van der Waals surface area contributed by atoms with E-state index in [0.29, 0.717) is 36.2 Å². The van der Waals surface area contributed by atoms with Crippen LogP contribution in [0.4, 0.5) is 10.1 Å². The van der Waals surface area contributed by atoms with Crippen molar-refractivity contribution in [2.75, 3.05) is 11.9 Å². The molecule has 0 unspecified atom stereocenters. The largest absolute Gasteiger partial charge is 0.419 e. The van der Waals surface area contributed by atoms with Crippen molar-refractivity contribution in [2.45, 2.75) is 70.1 Å². The maximum atomic E-state index is 13.6. The summed E-state index contributed by atoms with van der Waals surface area (Å²) in [5, 5.41) is 6.16. The van der Waals surface area contributed by atoms with Crippen LogP contribution in [0, 0.1) is 5.82 Å². The predicted molar refractivity (Wildman–Crippen MR) is 134 cm³/mol. The van der Waals surface area contributed by atoms with E-state index in [4.69, 9.17) is 4.42 Å². The highest BCUT2D eigenvalue weighted by Crippen LogP contribution is 2.44. The Morgan fingerprint density at radius 2 is 1.97 bits per heavy atom. The van der Waals surface area contributed by atoms with Crippen LogP contribution in [0.15, 0.2) is 51.7 Å². The fourth-order valence-electron chi connectivity index (χ4n) is 5.89. The first-order chi connectivity index (χ1) is 17.3. The zero-order valence-electron chi connectivity index (χ0n) is 20.6. The number of rotatable bonds is 5. The number of amides is 2. The summed E-state index contributed by atoms with van der Waals surface area (Å²) in [5.41, 5.74) is 2.05. The Morgan fingerprint density at radius 1 is 1.19 bits per heavy atom. The van der Waals surface area contributed by atoms with Gasteiger partial charge in [-0.3, -0.25) is 19.1 Å². The van der Waals surface area contributed by atoms with Gasteiger partial charge in [0, 0.05) is 36.8 Å². The molecular formula is C27H31FN4O4. The molecular weight excluding hydrogens is 463 g/mol. The van der Waals surface area contributed by atoms with E-state index in [-0.39, 0.29) is 36.3 Å². The molecule has 1 aromatic heterocycles. The summed E-state index contributed by atoms with van der Waals surface area (Å²) in [6, 6.07) is 11.3. The first kappa shape index (κ1) is 24.2. The summed E-state index contributed by atoms with van der Waals surface area (Å²) in [4.78, 5) is 39.9. The molecule has 190 valence electrons. The number of carbonyl (C=O) groups is 2. The van der Waals surface area contributed by atoms with Crippen LogP contribution in [0.3, 0.4) is 0 Å². The van der Waals surface area contributed by atoms with Gasteiger partial charge in [-0.2, -0.15) is 0 Å². The van der Waals surface area contributed by atoms with E-state index in [2.05, 4.69) is 15.5 Å². The molecule has 2 N–H and O–H groups in total. The number of hydrogen-bond donors (Lipinski definition) is 2. The Kier molecular flexibility index (Phi) is 6.42. The molecule has 3 aromatic rings. The molecule has 0 aliphatic carbocycles. The Bertz CT molecular complexity index is 1350.